The topological polar surface area (TPSA) is 80.3 Å². The van der Waals surface area contributed by atoms with Gasteiger partial charge in [-0.1, -0.05) is 33.1 Å². The van der Waals surface area contributed by atoms with E-state index in [0.29, 0.717) is 43.2 Å². The van der Waals surface area contributed by atoms with Crippen LogP contribution in [0.15, 0.2) is 18.2 Å². The van der Waals surface area contributed by atoms with Crippen LogP contribution in [-0.4, -0.2) is 93.2 Å². The number of carbonyl (C=O) groups is 2. The first-order valence-corrected chi connectivity index (χ1v) is 16.2. The fourth-order valence-electron chi connectivity index (χ4n) is 5.64. The molecule has 1 heterocycles. The molecular weight excluding hydrogens is 530 g/mol. The van der Waals surface area contributed by atoms with Gasteiger partial charge in [-0.3, -0.25) is 4.79 Å². The van der Waals surface area contributed by atoms with E-state index in [1.165, 1.54) is 32.1 Å². The van der Waals surface area contributed by atoms with Gasteiger partial charge >= 0.3 is 0 Å². The number of rotatable bonds is 13. The normalized spacial score (nSPS) is 19.0. The number of benzene rings is 1. The molecule has 1 aromatic carbocycles. The van der Waals surface area contributed by atoms with Gasteiger partial charge in [-0.2, -0.15) is 0 Å². The summed E-state index contributed by atoms with van der Waals surface area (Å²) in [5.41, 5.74) is 0.580. The zero-order valence-electron chi connectivity index (χ0n) is 28.1. The first kappa shape index (κ1) is 37.9. The Morgan fingerprint density at radius 1 is 0.952 bits per heavy atom. The van der Waals surface area contributed by atoms with Gasteiger partial charge < -0.3 is 34.1 Å². The SMILES string of the molecule is CC.CC(C)N(C)C1CCCCC1.COCCCOc1cc(C(=O)N(C(C)C)[C@@H]2CC[C@H](CC=O)NC2)ccc1OC. The number of carbonyl (C=O) groups excluding carboxylic acids is 2. The lowest BCUT2D eigenvalue weighted by molar-refractivity contribution is -0.108. The Labute approximate surface area is 256 Å². The van der Waals surface area contributed by atoms with E-state index in [9.17, 15) is 9.59 Å². The number of methoxy groups -OCH3 is 2. The lowest BCUT2D eigenvalue weighted by Crippen LogP contribution is -2.54. The Bertz CT molecular complexity index is 865. The van der Waals surface area contributed by atoms with Gasteiger partial charge in [-0.15, -0.1) is 0 Å². The zero-order valence-corrected chi connectivity index (χ0v) is 28.1. The van der Waals surface area contributed by atoms with Gasteiger partial charge in [-0.05, 0) is 78.6 Å². The number of aldehydes is 1. The smallest absolute Gasteiger partial charge is 0.254 e. The lowest BCUT2D eigenvalue weighted by atomic mass is 9.94. The summed E-state index contributed by atoms with van der Waals surface area (Å²) in [5, 5.41) is 3.40. The van der Waals surface area contributed by atoms with Gasteiger partial charge in [0, 0.05) is 68.9 Å². The van der Waals surface area contributed by atoms with Crippen LogP contribution >= 0.6 is 0 Å². The van der Waals surface area contributed by atoms with E-state index in [0.717, 1.165) is 37.6 Å². The molecule has 1 saturated heterocycles. The van der Waals surface area contributed by atoms with Gasteiger partial charge in [-0.25, -0.2) is 0 Å². The van der Waals surface area contributed by atoms with E-state index in [-0.39, 0.29) is 24.0 Å². The van der Waals surface area contributed by atoms with Crippen molar-refractivity contribution in [3.63, 3.8) is 0 Å². The fourth-order valence-corrected chi connectivity index (χ4v) is 5.64. The van der Waals surface area contributed by atoms with E-state index in [2.05, 4.69) is 31.1 Å². The summed E-state index contributed by atoms with van der Waals surface area (Å²) in [4.78, 5) is 28.6. The van der Waals surface area contributed by atoms with E-state index >= 15 is 0 Å². The molecular formula is C34H61N3O5. The largest absolute Gasteiger partial charge is 0.493 e. The molecule has 3 rings (SSSR count). The highest BCUT2D eigenvalue weighted by Gasteiger charge is 2.31. The van der Waals surface area contributed by atoms with Gasteiger partial charge in [0.2, 0.25) is 0 Å². The average Bonchev–Trinajstić information content (AvgIpc) is 3.01. The minimum atomic E-state index is -0.0231. The highest BCUT2D eigenvalue weighted by atomic mass is 16.5. The quantitative estimate of drug-likeness (QED) is 0.211. The van der Waals surface area contributed by atoms with Crippen LogP contribution in [0.4, 0.5) is 0 Å². The van der Waals surface area contributed by atoms with Crippen molar-refractivity contribution in [2.45, 2.75) is 130 Å². The van der Waals surface area contributed by atoms with Crippen LogP contribution < -0.4 is 14.8 Å². The highest BCUT2D eigenvalue weighted by Crippen LogP contribution is 2.30. The second-order valence-corrected chi connectivity index (χ2v) is 11.7. The monoisotopic (exact) mass is 591 g/mol. The Kier molecular flexibility index (Phi) is 19.4. The van der Waals surface area contributed by atoms with Crippen LogP contribution in [0, 0.1) is 0 Å². The van der Waals surface area contributed by atoms with Crippen LogP contribution in [0.5, 0.6) is 11.5 Å². The Morgan fingerprint density at radius 3 is 2.17 bits per heavy atom. The molecule has 1 aliphatic carbocycles. The number of ether oxygens (including phenoxy) is 3. The van der Waals surface area contributed by atoms with Gasteiger partial charge in [0.15, 0.2) is 11.5 Å². The maximum atomic E-state index is 13.3. The summed E-state index contributed by atoms with van der Waals surface area (Å²) < 4.78 is 16.3. The molecule has 2 fully saturated rings. The summed E-state index contributed by atoms with van der Waals surface area (Å²) in [7, 11) is 5.50. The Morgan fingerprint density at radius 2 is 1.64 bits per heavy atom. The molecule has 1 amide bonds. The Balaban J connectivity index is 0.000000564. The van der Waals surface area contributed by atoms with Crippen molar-refractivity contribution in [1.29, 1.82) is 0 Å². The van der Waals surface area contributed by atoms with E-state index < -0.39 is 0 Å². The van der Waals surface area contributed by atoms with Crippen molar-refractivity contribution in [2.24, 2.45) is 0 Å². The molecule has 0 unspecified atom stereocenters. The standard InChI is InChI=1S/C22H34N2O5.C10H21N.C2H6/c1-16(2)24(19-8-7-18(10-11-25)23-15-19)22(26)17-6-9-20(28-4)21(14-17)29-13-5-12-27-3;1-9(2)11(3)10-7-5-4-6-8-10;1-2/h6,9,11,14,16,18-19,23H,5,7-8,10,12-13,15H2,1-4H3;9-10H,4-8H2,1-3H3;1-2H3/t18-,19-;;/m1../s1. The predicted octanol–water partition coefficient (Wildman–Crippen LogP) is 6.36. The molecule has 2 atom stereocenters. The molecule has 0 spiro atoms. The summed E-state index contributed by atoms with van der Waals surface area (Å²) >= 11 is 0. The predicted molar refractivity (Wildman–Crippen MR) is 173 cm³/mol. The number of nitrogens with zero attached hydrogens (tertiary/aromatic N) is 2. The molecule has 1 aromatic rings. The van der Waals surface area contributed by atoms with Gasteiger partial charge in [0.25, 0.3) is 5.91 Å². The van der Waals surface area contributed by atoms with Crippen LogP contribution in [0.25, 0.3) is 0 Å². The molecule has 242 valence electrons. The van der Waals surface area contributed by atoms with Crippen molar-refractivity contribution in [3.05, 3.63) is 23.8 Å². The number of piperidine rings is 1. The van der Waals surface area contributed by atoms with E-state index in [1.807, 2.05) is 32.6 Å². The van der Waals surface area contributed by atoms with Crippen LogP contribution in [0.1, 0.15) is 110 Å². The first-order valence-electron chi connectivity index (χ1n) is 16.2. The number of nitrogens with one attached hydrogen (secondary N) is 1. The second kappa shape index (κ2) is 21.5. The number of amides is 1. The number of hydrogen-bond donors (Lipinski definition) is 1. The maximum Gasteiger partial charge on any atom is 0.254 e. The van der Waals surface area contributed by atoms with E-state index in [4.69, 9.17) is 14.2 Å². The lowest BCUT2D eigenvalue weighted by Gasteiger charge is -2.39. The van der Waals surface area contributed by atoms with Gasteiger partial charge in [0.05, 0.1) is 13.7 Å². The van der Waals surface area contributed by atoms with Crippen molar-refractivity contribution in [1.82, 2.24) is 15.1 Å². The summed E-state index contributed by atoms with van der Waals surface area (Å²) in [5.74, 6) is 1.14. The molecule has 2 aliphatic rings. The molecule has 0 radical (unpaired) electrons. The molecule has 0 aromatic heterocycles. The molecule has 8 nitrogen and oxygen atoms in total. The van der Waals surface area contributed by atoms with E-state index in [1.54, 1.807) is 32.4 Å². The summed E-state index contributed by atoms with van der Waals surface area (Å²) in [6.07, 6.45) is 11.2. The third kappa shape index (κ3) is 12.6. The fraction of sp³-hybridized carbons (Fsp3) is 0.765. The minimum Gasteiger partial charge on any atom is -0.493 e. The molecule has 1 aliphatic heterocycles. The van der Waals surface area contributed by atoms with Crippen molar-refractivity contribution in [2.75, 3.05) is 41.0 Å². The summed E-state index contributed by atoms with van der Waals surface area (Å²) in [6.45, 7) is 14.4. The van der Waals surface area contributed by atoms with Crippen LogP contribution in [-0.2, 0) is 9.53 Å². The maximum absolute atomic E-state index is 13.3. The zero-order chi connectivity index (χ0) is 31.5. The number of hydrogen-bond acceptors (Lipinski definition) is 7. The average molecular weight is 592 g/mol. The molecule has 42 heavy (non-hydrogen) atoms. The molecule has 8 heteroatoms. The second-order valence-electron chi connectivity index (χ2n) is 11.7. The minimum absolute atomic E-state index is 0.0231. The highest BCUT2D eigenvalue weighted by molar-refractivity contribution is 5.95. The molecule has 1 N–H and O–H groups in total. The molecule has 1 saturated carbocycles. The van der Waals surface area contributed by atoms with Crippen molar-refractivity contribution >= 4 is 12.2 Å². The summed E-state index contributed by atoms with van der Waals surface area (Å²) in [6, 6.07) is 7.28. The van der Waals surface area contributed by atoms with Crippen LogP contribution in [0.2, 0.25) is 0 Å². The third-order valence-electron chi connectivity index (χ3n) is 8.18. The van der Waals surface area contributed by atoms with Crippen molar-refractivity contribution in [3.8, 4) is 11.5 Å². The van der Waals surface area contributed by atoms with Crippen LogP contribution in [0.3, 0.4) is 0 Å². The third-order valence-corrected chi connectivity index (χ3v) is 8.18. The first-order chi connectivity index (χ1) is 20.2. The van der Waals surface area contributed by atoms with Gasteiger partial charge in [0.1, 0.15) is 6.29 Å². The molecule has 0 bridgehead atoms. The Hall–Kier alpha value is -2.16. The van der Waals surface area contributed by atoms with Crippen molar-refractivity contribution < 1.29 is 23.8 Å².